The Morgan fingerprint density at radius 1 is 1.33 bits per heavy atom. The molecule has 1 aromatic carbocycles. The Balaban J connectivity index is 2.14. The van der Waals surface area contributed by atoms with E-state index < -0.39 is 17.4 Å². The Morgan fingerprint density at radius 2 is 1.89 bits per heavy atom. The lowest BCUT2D eigenvalue weighted by atomic mass is 9.95. The van der Waals surface area contributed by atoms with Crippen molar-refractivity contribution in [2.24, 2.45) is 0 Å². The summed E-state index contributed by atoms with van der Waals surface area (Å²) in [5.41, 5.74) is 0.330. The third kappa shape index (κ3) is 2.34. The maximum Gasteiger partial charge on any atom is 0.325 e. The number of nitrogens with one attached hydrogen (secondary N) is 1. The number of amides is 1. The van der Waals surface area contributed by atoms with Crippen LogP contribution in [0.4, 0.5) is 0 Å². The fourth-order valence-electron chi connectivity index (χ4n) is 1.94. The summed E-state index contributed by atoms with van der Waals surface area (Å²) < 4.78 is 0. The zero-order chi connectivity index (χ0) is 13.3. The van der Waals surface area contributed by atoms with Crippen LogP contribution in [-0.4, -0.2) is 23.0 Å². The van der Waals surface area contributed by atoms with Crippen molar-refractivity contribution in [3.8, 4) is 0 Å². The van der Waals surface area contributed by atoms with Gasteiger partial charge in [0.25, 0.3) is 0 Å². The normalized spacial score (nSPS) is 17.9. The van der Waals surface area contributed by atoms with E-state index in [2.05, 4.69) is 5.32 Å². The second kappa shape index (κ2) is 4.61. The van der Waals surface area contributed by atoms with Crippen LogP contribution in [0.5, 0.6) is 0 Å². The van der Waals surface area contributed by atoms with Crippen molar-refractivity contribution in [1.29, 1.82) is 0 Å². The topological polar surface area (TPSA) is 66.4 Å². The van der Waals surface area contributed by atoms with E-state index in [0.29, 0.717) is 5.02 Å². The predicted molar refractivity (Wildman–Crippen MR) is 67.6 cm³/mol. The average molecular weight is 268 g/mol. The first kappa shape index (κ1) is 12.9. The zero-order valence-corrected chi connectivity index (χ0v) is 10.7. The molecule has 1 fully saturated rings. The highest BCUT2D eigenvalue weighted by molar-refractivity contribution is 6.30. The minimum Gasteiger partial charge on any atom is -0.480 e. The van der Waals surface area contributed by atoms with Crippen LogP contribution >= 0.6 is 11.6 Å². The van der Waals surface area contributed by atoms with Crippen molar-refractivity contribution in [2.75, 3.05) is 0 Å². The number of rotatable bonds is 4. The summed E-state index contributed by atoms with van der Waals surface area (Å²) in [5.74, 6) is -1.25. The smallest absolute Gasteiger partial charge is 0.325 e. The maximum atomic E-state index is 12.1. The third-order valence-corrected chi connectivity index (χ3v) is 3.55. The van der Waals surface area contributed by atoms with E-state index >= 15 is 0 Å². The third-order valence-electron chi connectivity index (χ3n) is 3.30. The van der Waals surface area contributed by atoms with Crippen LogP contribution in [0.25, 0.3) is 0 Å². The van der Waals surface area contributed by atoms with Gasteiger partial charge < -0.3 is 10.4 Å². The number of benzene rings is 1. The highest BCUT2D eigenvalue weighted by Crippen LogP contribution is 2.48. The number of carboxylic acid groups (broad SMARTS) is 1. The lowest BCUT2D eigenvalue weighted by Gasteiger charge is -2.17. The van der Waals surface area contributed by atoms with E-state index in [0.717, 1.165) is 18.4 Å². The first-order valence-electron chi connectivity index (χ1n) is 5.75. The number of hydrogen-bond donors (Lipinski definition) is 2. The highest BCUT2D eigenvalue weighted by atomic mass is 35.5. The van der Waals surface area contributed by atoms with E-state index in [4.69, 9.17) is 16.7 Å². The van der Waals surface area contributed by atoms with Crippen molar-refractivity contribution >= 4 is 23.5 Å². The van der Waals surface area contributed by atoms with Gasteiger partial charge in [0.2, 0.25) is 5.91 Å². The average Bonchev–Trinajstić information content (AvgIpc) is 3.11. The van der Waals surface area contributed by atoms with E-state index in [-0.39, 0.29) is 5.91 Å². The van der Waals surface area contributed by atoms with Gasteiger partial charge in [-0.05, 0) is 37.5 Å². The van der Waals surface area contributed by atoms with Gasteiger partial charge in [0, 0.05) is 5.02 Å². The highest BCUT2D eigenvalue weighted by Gasteiger charge is 2.51. The molecule has 0 aliphatic heterocycles. The molecule has 1 atom stereocenters. The van der Waals surface area contributed by atoms with Gasteiger partial charge in [-0.1, -0.05) is 23.7 Å². The Bertz CT molecular complexity index is 480. The van der Waals surface area contributed by atoms with Crippen LogP contribution in [0.2, 0.25) is 5.02 Å². The Hall–Kier alpha value is -1.55. The fourth-order valence-corrected chi connectivity index (χ4v) is 2.06. The molecule has 0 radical (unpaired) electrons. The molecule has 2 N–H and O–H groups in total. The molecule has 4 nitrogen and oxygen atoms in total. The molecule has 1 aromatic rings. The van der Waals surface area contributed by atoms with Crippen molar-refractivity contribution in [1.82, 2.24) is 5.32 Å². The number of hydrogen-bond acceptors (Lipinski definition) is 2. The molecule has 5 heteroatoms. The summed E-state index contributed by atoms with van der Waals surface area (Å²) in [6.07, 6.45) is 1.49. The van der Waals surface area contributed by atoms with Crippen LogP contribution in [0, 0.1) is 0 Å². The molecular formula is C13H14ClNO3. The molecule has 0 spiro atoms. The molecule has 0 heterocycles. The van der Waals surface area contributed by atoms with Crippen LogP contribution in [-0.2, 0) is 15.0 Å². The molecule has 2 rings (SSSR count). The predicted octanol–water partition coefficient (Wildman–Crippen LogP) is 1.96. The summed E-state index contributed by atoms with van der Waals surface area (Å²) in [4.78, 5) is 22.9. The van der Waals surface area contributed by atoms with Gasteiger partial charge in [0.1, 0.15) is 6.04 Å². The SMILES string of the molecule is CC(NC(=O)C1(c2ccc(Cl)cc2)CC1)C(=O)O. The van der Waals surface area contributed by atoms with Gasteiger partial charge in [-0.3, -0.25) is 9.59 Å². The Kier molecular flexibility index (Phi) is 3.30. The molecule has 0 aromatic heterocycles. The quantitative estimate of drug-likeness (QED) is 0.876. The van der Waals surface area contributed by atoms with Crippen molar-refractivity contribution < 1.29 is 14.7 Å². The van der Waals surface area contributed by atoms with E-state index in [9.17, 15) is 9.59 Å². The first-order valence-corrected chi connectivity index (χ1v) is 6.13. The fraction of sp³-hybridized carbons (Fsp3) is 0.385. The molecule has 1 aliphatic rings. The summed E-state index contributed by atoms with van der Waals surface area (Å²) >= 11 is 5.81. The number of aliphatic carboxylic acids is 1. The monoisotopic (exact) mass is 267 g/mol. The minimum atomic E-state index is -1.03. The number of carbonyl (C=O) groups excluding carboxylic acids is 1. The summed E-state index contributed by atoms with van der Waals surface area (Å²) in [6.45, 7) is 1.46. The van der Waals surface area contributed by atoms with Gasteiger partial charge in [-0.2, -0.15) is 0 Å². The molecule has 96 valence electrons. The second-order valence-corrected chi connectivity index (χ2v) is 5.06. The van der Waals surface area contributed by atoms with Crippen molar-refractivity contribution in [3.63, 3.8) is 0 Å². The molecule has 0 bridgehead atoms. The summed E-state index contributed by atoms with van der Waals surface area (Å²) in [7, 11) is 0. The van der Waals surface area contributed by atoms with E-state index in [1.165, 1.54) is 6.92 Å². The number of halogens is 1. The van der Waals surface area contributed by atoms with Gasteiger partial charge in [-0.25, -0.2) is 0 Å². The molecule has 1 saturated carbocycles. The van der Waals surface area contributed by atoms with Gasteiger partial charge in [0.05, 0.1) is 5.41 Å². The van der Waals surface area contributed by atoms with Crippen molar-refractivity contribution in [2.45, 2.75) is 31.2 Å². The minimum absolute atomic E-state index is 0.222. The van der Waals surface area contributed by atoms with Crippen LogP contribution in [0.15, 0.2) is 24.3 Å². The Morgan fingerprint density at radius 3 is 2.33 bits per heavy atom. The zero-order valence-electron chi connectivity index (χ0n) is 9.94. The van der Waals surface area contributed by atoms with E-state index in [1.807, 2.05) is 12.1 Å². The first-order chi connectivity index (χ1) is 8.45. The molecule has 18 heavy (non-hydrogen) atoms. The van der Waals surface area contributed by atoms with Gasteiger partial charge in [-0.15, -0.1) is 0 Å². The van der Waals surface area contributed by atoms with Crippen LogP contribution in [0.3, 0.4) is 0 Å². The van der Waals surface area contributed by atoms with E-state index in [1.54, 1.807) is 12.1 Å². The standard InChI is InChI=1S/C13H14ClNO3/c1-8(11(16)17)15-12(18)13(6-7-13)9-2-4-10(14)5-3-9/h2-5,8H,6-7H2,1H3,(H,15,18)(H,16,17). The van der Waals surface area contributed by atoms with Crippen LogP contribution < -0.4 is 5.32 Å². The maximum absolute atomic E-state index is 12.1. The van der Waals surface area contributed by atoms with Crippen LogP contribution in [0.1, 0.15) is 25.3 Å². The second-order valence-electron chi connectivity index (χ2n) is 4.62. The molecular weight excluding hydrogens is 254 g/mol. The summed E-state index contributed by atoms with van der Waals surface area (Å²) in [5, 5.41) is 11.9. The lowest BCUT2D eigenvalue weighted by molar-refractivity contribution is -0.141. The number of carbonyl (C=O) groups is 2. The lowest BCUT2D eigenvalue weighted by Crippen LogP contribution is -2.43. The molecule has 1 amide bonds. The largest absolute Gasteiger partial charge is 0.480 e. The number of carboxylic acids is 1. The van der Waals surface area contributed by atoms with Gasteiger partial charge >= 0.3 is 5.97 Å². The Labute approximate surface area is 110 Å². The van der Waals surface area contributed by atoms with Gasteiger partial charge in [0.15, 0.2) is 0 Å². The van der Waals surface area contributed by atoms with Crippen molar-refractivity contribution in [3.05, 3.63) is 34.9 Å². The molecule has 1 aliphatic carbocycles. The molecule has 0 saturated heterocycles. The summed E-state index contributed by atoms with van der Waals surface area (Å²) in [6, 6.07) is 6.25. The molecule has 1 unspecified atom stereocenters.